The van der Waals surface area contributed by atoms with E-state index in [-0.39, 0.29) is 18.1 Å². The van der Waals surface area contributed by atoms with Crippen molar-refractivity contribution in [3.8, 4) is 0 Å². The highest BCUT2D eigenvalue weighted by atomic mass is 16.6. The summed E-state index contributed by atoms with van der Waals surface area (Å²) in [5.74, 6) is -0.249. The average molecular weight is 215 g/mol. The van der Waals surface area contributed by atoms with Gasteiger partial charge in [-0.15, -0.1) is 0 Å². The molecule has 15 heavy (non-hydrogen) atoms. The maximum Gasteiger partial charge on any atom is 0.326 e. The van der Waals surface area contributed by atoms with Crippen molar-refractivity contribution >= 4 is 5.97 Å². The van der Waals surface area contributed by atoms with Crippen LogP contribution in [-0.2, 0) is 14.3 Å². The van der Waals surface area contributed by atoms with E-state index in [2.05, 4.69) is 5.32 Å². The van der Waals surface area contributed by atoms with Gasteiger partial charge < -0.3 is 9.47 Å². The molecular formula is C11H21NO3. The first-order valence-electron chi connectivity index (χ1n) is 5.29. The van der Waals surface area contributed by atoms with Crippen LogP contribution in [0.15, 0.2) is 0 Å². The van der Waals surface area contributed by atoms with Gasteiger partial charge in [0.1, 0.15) is 17.4 Å². The molecule has 4 nitrogen and oxygen atoms in total. The van der Waals surface area contributed by atoms with Crippen LogP contribution in [0, 0.1) is 0 Å². The summed E-state index contributed by atoms with van der Waals surface area (Å²) in [5.41, 5.74) is -0.911. The predicted molar refractivity (Wildman–Crippen MR) is 57.4 cm³/mol. The predicted octanol–water partition coefficient (Wildman–Crippen LogP) is 1.44. The van der Waals surface area contributed by atoms with Gasteiger partial charge in [0.2, 0.25) is 0 Å². The zero-order valence-corrected chi connectivity index (χ0v) is 10.4. The first-order valence-corrected chi connectivity index (χ1v) is 5.29. The van der Waals surface area contributed by atoms with Crippen LogP contribution in [0.2, 0.25) is 0 Å². The Hall–Kier alpha value is -0.610. The fourth-order valence-electron chi connectivity index (χ4n) is 1.67. The first-order chi connectivity index (χ1) is 6.61. The van der Waals surface area contributed by atoms with Gasteiger partial charge in [-0.2, -0.15) is 0 Å². The molecule has 2 unspecified atom stereocenters. The lowest BCUT2D eigenvalue weighted by atomic mass is 10.1. The molecule has 0 aromatic carbocycles. The molecule has 4 heteroatoms. The lowest BCUT2D eigenvalue weighted by Gasteiger charge is -2.23. The third kappa shape index (κ3) is 3.47. The molecule has 1 rings (SSSR count). The topological polar surface area (TPSA) is 47.6 Å². The van der Waals surface area contributed by atoms with Crippen LogP contribution in [0.3, 0.4) is 0 Å². The Balaban J connectivity index is 2.62. The number of ether oxygens (including phenoxy) is 2. The van der Waals surface area contributed by atoms with Gasteiger partial charge in [0.25, 0.3) is 0 Å². The summed E-state index contributed by atoms with van der Waals surface area (Å²) in [6.07, 6.45) is -0.158. The Bertz CT molecular complexity index is 255. The van der Waals surface area contributed by atoms with Gasteiger partial charge in [-0.25, -0.2) is 0 Å². The Morgan fingerprint density at radius 3 is 2.27 bits per heavy atom. The lowest BCUT2D eigenvalue weighted by Crippen LogP contribution is -2.46. The summed E-state index contributed by atoms with van der Waals surface area (Å²) in [4.78, 5) is 11.8. The van der Waals surface area contributed by atoms with Gasteiger partial charge in [-0.3, -0.25) is 10.1 Å². The maximum absolute atomic E-state index is 11.8. The van der Waals surface area contributed by atoms with Gasteiger partial charge in [0.15, 0.2) is 0 Å². The highest BCUT2D eigenvalue weighted by Gasteiger charge is 2.42. The van der Waals surface area contributed by atoms with Crippen molar-refractivity contribution < 1.29 is 14.3 Å². The van der Waals surface area contributed by atoms with E-state index >= 15 is 0 Å². The second-order valence-corrected chi connectivity index (χ2v) is 5.49. The van der Waals surface area contributed by atoms with Crippen LogP contribution in [0.1, 0.15) is 41.5 Å². The van der Waals surface area contributed by atoms with Gasteiger partial charge in [0, 0.05) is 0 Å². The minimum absolute atomic E-state index is 0.158. The molecule has 1 aliphatic rings. The minimum atomic E-state index is -0.457. The third-order valence-electron chi connectivity index (χ3n) is 2.11. The maximum atomic E-state index is 11.8. The van der Waals surface area contributed by atoms with Gasteiger partial charge in [-0.05, 0) is 41.5 Å². The third-order valence-corrected chi connectivity index (χ3v) is 2.11. The van der Waals surface area contributed by atoms with Gasteiger partial charge in [-0.1, -0.05) is 0 Å². The summed E-state index contributed by atoms with van der Waals surface area (Å²) < 4.78 is 10.9. The zero-order chi connectivity index (χ0) is 11.9. The second kappa shape index (κ2) is 3.76. The fourth-order valence-corrected chi connectivity index (χ4v) is 1.67. The second-order valence-electron chi connectivity index (χ2n) is 5.49. The van der Waals surface area contributed by atoms with Crippen LogP contribution in [0.4, 0.5) is 0 Å². The molecule has 1 aliphatic heterocycles. The van der Waals surface area contributed by atoms with E-state index in [1.807, 2.05) is 41.5 Å². The Labute approximate surface area is 91.3 Å². The minimum Gasteiger partial charge on any atom is -0.459 e. The summed E-state index contributed by atoms with van der Waals surface area (Å²) >= 11 is 0. The van der Waals surface area contributed by atoms with Crippen molar-refractivity contribution in [2.75, 3.05) is 0 Å². The molecule has 2 atom stereocenters. The van der Waals surface area contributed by atoms with Crippen LogP contribution < -0.4 is 5.32 Å². The number of esters is 1. The normalized spacial score (nSPS) is 30.3. The van der Waals surface area contributed by atoms with E-state index in [1.54, 1.807) is 0 Å². The van der Waals surface area contributed by atoms with Crippen molar-refractivity contribution in [3.05, 3.63) is 0 Å². The lowest BCUT2D eigenvalue weighted by molar-refractivity contribution is -0.158. The first kappa shape index (κ1) is 12.5. The molecule has 1 heterocycles. The van der Waals surface area contributed by atoms with Crippen molar-refractivity contribution in [2.45, 2.75) is 65.0 Å². The van der Waals surface area contributed by atoms with Crippen LogP contribution >= 0.6 is 0 Å². The number of rotatable bonds is 1. The molecular weight excluding hydrogens is 194 g/mol. The largest absolute Gasteiger partial charge is 0.459 e. The van der Waals surface area contributed by atoms with E-state index in [9.17, 15) is 4.79 Å². The van der Waals surface area contributed by atoms with Crippen molar-refractivity contribution in [1.29, 1.82) is 0 Å². The molecule has 0 aromatic rings. The van der Waals surface area contributed by atoms with Crippen molar-refractivity contribution in [3.63, 3.8) is 0 Å². The van der Waals surface area contributed by atoms with Crippen LogP contribution in [0.25, 0.3) is 0 Å². The molecule has 1 saturated heterocycles. The average Bonchev–Trinajstić information content (AvgIpc) is 2.20. The van der Waals surface area contributed by atoms with Gasteiger partial charge in [0.05, 0.1) is 6.10 Å². The zero-order valence-electron chi connectivity index (χ0n) is 10.4. The molecule has 1 N–H and O–H groups in total. The number of hydrogen-bond acceptors (Lipinski definition) is 4. The molecule has 0 amide bonds. The van der Waals surface area contributed by atoms with E-state index in [1.165, 1.54) is 0 Å². The monoisotopic (exact) mass is 215 g/mol. The quantitative estimate of drug-likeness (QED) is 0.672. The fraction of sp³-hybridized carbons (Fsp3) is 0.909. The Kier molecular flexibility index (Phi) is 3.12. The molecule has 0 spiro atoms. The van der Waals surface area contributed by atoms with E-state index in [0.717, 1.165) is 0 Å². The van der Waals surface area contributed by atoms with Gasteiger partial charge >= 0.3 is 5.97 Å². The molecule has 0 saturated carbocycles. The number of carbonyl (C=O) groups excluding carboxylic acids is 1. The molecule has 88 valence electrons. The Morgan fingerprint density at radius 1 is 1.40 bits per heavy atom. The molecule has 1 fully saturated rings. The summed E-state index contributed by atoms with van der Waals surface area (Å²) in [6, 6.07) is -0.376. The standard InChI is InChI=1S/C11H21NO3/c1-7-8(12-11(5,6)14-7)9(13)15-10(2,3)4/h7-8,12H,1-6H3. The smallest absolute Gasteiger partial charge is 0.326 e. The number of carbonyl (C=O) groups is 1. The van der Waals surface area contributed by atoms with Crippen LogP contribution in [-0.4, -0.2) is 29.4 Å². The highest BCUT2D eigenvalue weighted by molar-refractivity contribution is 5.77. The van der Waals surface area contributed by atoms with E-state index in [4.69, 9.17) is 9.47 Å². The van der Waals surface area contributed by atoms with Crippen molar-refractivity contribution in [1.82, 2.24) is 5.32 Å². The van der Waals surface area contributed by atoms with E-state index < -0.39 is 11.3 Å². The highest BCUT2D eigenvalue weighted by Crippen LogP contribution is 2.22. The Morgan fingerprint density at radius 2 is 1.93 bits per heavy atom. The molecule has 0 radical (unpaired) electrons. The summed E-state index contributed by atoms with van der Waals surface area (Å²) in [5, 5.41) is 3.11. The van der Waals surface area contributed by atoms with Crippen molar-refractivity contribution in [2.24, 2.45) is 0 Å². The number of nitrogens with one attached hydrogen (secondary N) is 1. The number of hydrogen-bond donors (Lipinski definition) is 1. The summed E-state index contributed by atoms with van der Waals surface area (Å²) in [6.45, 7) is 11.2. The summed E-state index contributed by atoms with van der Waals surface area (Å²) in [7, 11) is 0. The SMILES string of the molecule is CC1OC(C)(C)NC1C(=O)OC(C)(C)C. The van der Waals surface area contributed by atoms with Crippen LogP contribution in [0.5, 0.6) is 0 Å². The van der Waals surface area contributed by atoms with E-state index in [0.29, 0.717) is 0 Å². The molecule has 0 bridgehead atoms. The molecule has 0 aromatic heterocycles. The molecule has 0 aliphatic carbocycles.